The number of rotatable bonds is 4. The lowest BCUT2D eigenvalue weighted by Gasteiger charge is -2.16. The Labute approximate surface area is 107 Å². The highest BCUT2D eigenvalue weighted by Gasteiger charge is 2.21. The van der Waals surface area contributed by atoms with E-state index in [2.05, 4.69) is 5.10 Å². The first-order valence-corrected chi connectivity index (χ1v) is 6.51. The molecule has 0 spiro atoms. The van der Waals surface area contributed by atoms with E-state index in [1.54, 1.807) is 4.68 Å². The van der Waals surface area contributed by atoms with Crippen molar-refractivity contribution in [2.24, 2.45) is 12.8 Å². The van der Waals surface area contributed by atoms with Crippen molar-refractivity contribution in [2.45, 2.75) is 44.8 Å². The molecule has 1 saturated heterocycles. The molecule has 2 atom stereocenters. The van der Waals surface area contributed by atoms with Crippen LogP contribution in [-0.4, -0.2) is 28.5 Å². The number of nitrogens with two attached hydrogens (primary N) is 1. The molecule has 0 radical (unpaired) electrons. The number of halogens is 1. The second kappa shape index (κ2) is 5.38. The normalized spacial score (nSPS) is 22.0. The first-order valence-electron chi connectivity index (χ1n) is 6.13. The highest BCUT2D eigenvalue weighted by atomic mass is 35.5. The molecule has 2 N–H and O–H groups in total. The molecule has 96 valence electrons. The number of hydrogen-bond donors (Lipinski definition) is 1. The topological polar surface area (TPSA) is 53.1 Å². The van der Waals surface area contributed by atoms with Gasteiger partial charge >= 0.3 is 0 Å². The van der Waals surface area contributed by atoms with E-state index in [-0.39, 0.29) is 6.04 Å². The molecule has 2 unspecified atom stereocenters. The van der Waals surface area contributed by atoms with Gasteiger partial charge in [0.15, 0.2) is 0 Å². The van der Waals surface area contributed by atoms with Crippen LogP contribution in [0.3, 0.4) is 0 Å². The van der Waals surface area contributed by atoms with Crippen LogP contribution in [0, 0.1) is 6.92 Å². The molecular formula is C12H20ClN3O. The summed E-state index contributed by atoms with van der Waals surface area (Å²) in [5.41, 5.74) is 8.20. The Kier molecular flexibility index (Phi) is 4.07. The number of ether oxygens (including phenoxy) is 1. The summed E-state index contributed by atoms with van der Waals surface area (Å²) < 4.78 is 7.29. The Morgan fingerprint density at radius 3 is 2.94 bits per heavy atom. The molecule has 0 aromatic carbocycles. The maximum Gasteiger partial charge on any atom is 0.130 e. The van der Waals surface area contributed by atoms with Crippen LogP contribution in [0.4, 0.5) is 0 Å². The van der Waals surface area contributed by atoms with E-state index in [1.165, 1.54) is 0 Å². The second-order valence-corrected chi connectivity index (χ2v) is 5.17. The Balaban J connectivity index is 1.95. The summed E-state index contributed by atoms with van der Waals surface area (Å²) in [6.07, 6.45) is 4.31. The molecule has 0 aliphatic carbocycles. The molecule has 1 aromatic rings. The van der Waals surface area contributed by atoms with E-state index >= 15 is 0 Å². The summed E-state index contributed by atoms with van der Waals surface area (Å²) in [7, 11) is 1.85. The standard InChI is InChI=1S/C12H20ClN3O/c1-8-11(12(13)16(2)15-8)7-9(14)6-10-4-3-5-17-10/h9-10H,3-7,14H2,1-2H3. The number of hydrogen-bond acceptors (Lipinski definition) is 3. The van der Waals surface area contributed by atoms with Crippen molar-refractivity contribution in [2.75, 3.05) is 6.61 Å². The average Bonchev–Trinajstić information content (AvgIpc) is 2.83. The molecule has 0 saturated carbocycles. The minimum absolute atomic E-state index is 0.0958. The minimum Gasteiger partial charge on any atom is -0.378 e. The molecule has 1 aliphatic rings. The maximum atomic E-state index is 6.19. The van der Waals surface area contributed by atoms with Gasteiger partial charge in [-0.3, -0.25) is 4.68 Å². The van der Waals surface area contributed by atoms with Crippen molar-refractivity contribution in [3.8, 4) is 0 Å². The van der Waals surface area contributed by atoms with E-state index in [0.29, 0.717) is 11.3 Å². The molecular weight excluding hydrogens is 238 g/mol. The lowest BCUT2D eigenvalue weighted by atomic mass is 10.0. The first kappa shape index (κ1) is 12.9. The summed E-state index contributed by atoms with van der Waals surface area (Å²) >= 11 is 6.19. The summed E-state index contributed by atoms with van der Waals surface area (Å²) in [6.45, 7) is 2.85. The van der Waals surface area contributed by atoms with Gasteiger partial charge in [-0.25, -0.2) is 0 Å². The van der Waals surface area contributed by atoms with Crippen molar-refractivity contribution >= 4 is 11.6 Å². The fourth-order valence-corrected chi connectivity index (χ4v) is 2.67. The summed E-state index contributed by atoms with van der Waals surface area (Å²) in [6, 6.07) is 0.0958. The largest absolute Gasteiger partial charge is 0.378 e. The summed E-state index contributed by atoms with van der Waals surface area (Å²) in [4.78, 5) is 0. The van der Waals surface area contributed by atoms with E-state index < -0.39 is 0 Å². The van der Waals surface area contributed by atoms with E-state index in [9.17, 15) is 0 Å². The fraction of sp³-hybridized carbons (Fsp3) is 0.750. The minimum atomic E-state index is 0.0958. The fourth-order valence-electron chi connectivity index (χ4n) is 2.42. The molecule has 0 amide bonds. The van der Waals surface area contributed by atoms with Gasteiger partial charge in [0.05, 0.1) is 11.8 Å². The Morgan fingerprint density at radius 1 is 1.65 bits per heavy atom. The molecule has 1 aromatic heterocycles. The van der Waals surface area contributed by atoms with Gasteiger partial charge in [-0.15, -0.1) is 0 Å². The van der Waals surface area contributed by atoms with E-state index in [4.69, 9.17) is 22.1 Å². The molecule has 2 rings (SSSR count). The van der Waals surface area contributed by atoms with Crippen LogP contribution in [0.25, 0.3) is 0 Å². The number of aromatic nitrogens is 2. The summed E-state index contributed by atoms with van der Waals surface area (Å²) in [5.74, 6) is 0. The molecule has 1 aliphatic heterocycles. The van der Waals surface area contributed by atoms with Crippen molar-refractivity contribution in [1.29, 1.82) is 0 Å². The Morgan fingerprint density at radius 2 is 2.41 bits per heavy atom. The highest BCUT2D eigenvalue weighted by molar-refractivity contribution is 6.30. The zero-order valence-corrected chi connectivity index (χ0v) is 11.2. The van der Waals surface area contributed by atoms with Gasteiger partial charge in [0.2, 0.25) is 0 Å². The maximum absolute atomic E-state index is 6.19. The molecule has 17 heavy (non-hydrogen) atoms. The Bertz CT molecular complexity index is 385. The lowest BCUT2D eigenvalue weighted by molar-refractivity contribution is 0.0983. The SMILES string of the molecule is Cc1nn(C)c(Cl)c1CC(N)CC1CCCO1. The molecule has 1 fully saturated rings. The smallest absolute Gasteiger partial charge is 0.130 e. The average molecular weight is 258 g/mol. The Hall–Kier alpha value is -0.580. The van der Waals surface area contributed by atoms with Crippen molar-refractivity contribution < 1.29 is 4.74 Å². The summed E-state index contributed by atoms with van der Waals surface area (Å²) in [5, 5.41) is 4.99. The second-order valence-electron chi connectivity index (χ2n) is 4.81. The zero-order chi connectivity index (χ0) is 12.4. The van der Waals surface area contributed by atoms with Gasteiger partial charge in [0.1, 0.15) is 5.15 Å². The lowest BCUT2D eigenvalue weighted by Crippen LogP contribution is -2.28. The first-order chi connectivity index (χ1) is 8.08. The van der Waals surface area contributed by atoms with Crippen LogP contribution in [0.2, 0.25) is 5.15 Å². The molecule has 0 bridgehead atoms. The van der Waals surface area contributed by atoms with Gasteiger partial charge < -0.3 is 10.5 Å². The van der Waals surface area contributed by atoms with Crippen molar-refractivity contribution in [3.63, 3.8) is 0 Å². The van der Waals surface area contributed by atoms with Gasteiger partial charge in [-0.2, -0.15) is 5.10 Å². The van der Waals surface area contributed by atoms with Gasteiger partial charge in [-0.05, 0) is 32.6 Å². The van der Waals surface area contributed by atoms with E-state index in [0.717, 1.165) is 43.5 Å². The van der Waals surface area contributed by atoms with Gasteiger partial charge in [0.25, 0.3) is 0 Å². The van der Waals surface area contributed by atoms with Gasteiger partial charge in [0, 0.05) is 25.3 Å². The number of nitrogens with zero attached hydrogens (tertiary/aromatic N) is 2. The third-order valence-corrected chi connectivity index (χ3v) is 3.80. The van der Waals surface area contributed by atoms with Crippen molar-refractivity contribution in [3.05, 3.63) is 16.4 Å². The quantitative estimate of drug-likeness (QED) is 0.895. The predicted octanol–water partition coefficient (Wildman–Crippen LogP) is 1.82. The van der Waals surface area contributed by atoms with Crippen LogP contribution >= 0.6 is 11.6 Å². The molecule has 4 nitrogen and oxygen atoms in total. The van der Waals surface area contributed by atoms with Crippen LogP contribution in [0.5, 0.6) is 0 Å². The van der Waals surface area contributed by atoms with Crippen LogP contribution < -0.4 is 5.73 Å². The molecule has 2 heterocycles. The van der Waals surface area contributed by atoms with Crippen LogP contribution in [0.1, 0.15) is 30.5 Å². The third-order valence-electron chi connectivity index (χ3n) is 3.33. The zero-order valence-electron chi connectivity index (χ0n) is 10.4. The third kappa shape index (κ3) is 3.00. The monoisotopic (exact) mass is 257 g/mol. The van der Waals surface area contributed by atoms with E-state index in [1.807, 2.05) is 14.0 Å². The predicted molar refractivity (Wildman–Crippen MR) is 68.2 cm³/mol. The highest BCUT2D eigenvalue weighted by Crippen LogP contribution is 2.23. The van der Waals surface area contributed by atoms with Crippen molar-refractivity contribution in [1.82, 2.24) is 9.78 Å². The number of aryl methyl sites for hydroxylation is 2. The van der Waals surface area contributed by atoms with Gasteiger partial charge in [-0.1, -0.05) is 11.6 Å². The molecule has 5 heteroatoms. The van der Waals surface area contributed by atoms with Crippen LogP contribution in [-0.2, 0) is 18.2 Å². The van der Waals surface area contributed by atoms with Crippen LogP contribution in [0.15, 0.2) is 0 Å².